The van der Waals surface area contributed by atoms with Gasteiger partial charge in [-0.1, -0.05) is 30.3 Å². The van der Waals surface area contributed by atoms with E-state index in [1.807, 2.05) is 30.3 Å². The van der Waals surface area contributed by atoms with Crippen molar-refractivity contribution in [3.8, 4) is 0 Å². The van der Waals surface area contributed by atoms with Gasteiger partial charge in [-0.2, -0.15) is 0 Å². The molecule has 27 heavy (non-hydrogen) atoms. The Morgan fingerprint density at radius 1 is 1.26 bits per heavy atom. The number of fused-ring (bicyclic) bond motifs is 1. The molecule has 1 atom stereocenters. The number of hydrogen-bond acceptors (Lipinski definition) is 4. The molecule has 0 saturated carbocycles. The standard InChI is InChI=1S/C20H20N2O5/c23-12-20(10-13-5-2-1-3-6-13)7-4-8-22(20)18(24)15-9-16-17(21-15)14(11-27-16)19(25)26/h1-3,5-6,9,11,21,23H,4,7-8,10,12H2,(H,25,26). The number of nitrogens with one attached hydrogen (secondary N) is 1. The predicted molar refractivity (Wildman–Crippen MR) is 97.8 cm³/mol. The van der Waals surface area contributed by atoms with E-state index in [1.165, 1.54) is 6.07 Å². The van der Waals surface area contributed by atoms with Gasteiger partial charge in [0.25, 0.3) is 5.91 Å². The first-order valence-corrected chi connectivity index (χ1v) is 8.84. The molecule has 2 aromatic heterocycles. The Balaban J connectivity index is 1.66. The Bertz CT molecular complexity index is 990. The van der Waals surface area contributed by atoms with Crippen molar-refractivity contribution in [2.45, 2.75) is 24.8 Å². The number of rotatable bonds is 5. The lowest BCUT2D eigenvalue weighted by Crippen LogP contribution is -2.51. The molecule has 7 nitrogen and oxygen atoms in total. The zero-order chi connectivity index (χ0) is 19.0. The summed E-state index contributed by atoms with van der Waals surface area (Å²) >= 11 is 0. The molecule has 3 N–H and O–H groups in total. The first-order chi connectivity index (χ1) is 13.0. The summed E-state index contributed by atoms with van der Waals surface area (Å²) < 4.78 is 5.25. The second-order valence-electron chi connectivity index (χ2n) is 6.98. The molecule has 1 aliphatic rings. The zero-order valence-corrected chi connectivity index (χ0v) is 14.6. The van der Waals surface area contributed by atoms with E-state index in [0.717, 1.165) is 18.2 Å². The quantitative estimate of drug-likeness (QED) is 0.642. The number of benzene rings is 1. The number of furan rings is 1. The van der Waals surface area contributed by atoms with Crippen molar-refractivity contribution in [3.05, 3.63) is 59.5 Å². The number of H-pyrrole nitrogens is 1. The Morgan fingerprint density at radius 3 is 2.74 bits per heavy atom. The van der Waals surface area contributed by atoms with Crippen molar-refractivity contribution in [1.29, 1.82) is 0 Å². The maximum absolute atomic E-state index is 13.2. The molecule has 3 aromatic rings. The molecule has 3 heterocycles. The number of carbonyl (C=O) groups excluding carboxylic acids is 1. The van der Waals surface area contributed by atoms with E-state index in [4.69, 9.17) is 4.42 Å². The fourth-order valence-electron chi connectivity index (χ4n) is 3.96. The third-order valence-electron chi connectivity index (χ3n) is 5.33. The molecule has 1 aromatic carbocycles. The third kappa shape index (κ3) is 2.90. The molecule has 4 rings (SSSR count). The van der Waals surface area contributed by atoms with Crippen LogP contribution in [0.5, 0.6) is 0 Å². The van der Waals surface area contributed by atoms with E-state index in [1.54, 1.807) is 4.90 Å². The van der Waals surface area contributed by atoms with Crippen LogP contribution in [0.3, 0.4) is 0 Å². The number of aromatic amines is 1. The van der Waals surface area contributed by atoms with Crippen LogP contribution in [0.2, 0.25) is 0 Å². The largest absolute Gasteiger partial charge is 0.477 e. The number of aliphatic hydroxyl groups is 1. The third-order valence-corrected chi connectivity index (χ3v) is 5.33. The fourth-order valence-corrected chi connectivity index (χ4v) is 3.96. The van der Waals surface area contributed by atoms with Crippen LogP contribution in [0.15, 0.2) is 47.1 Å². The van der Waals surface area contributed by atoms with Gasteiger partial charge in [-0.25, -0.2) is 4.79 Å². The van der Waals surface area contributed by atoms with Gasteiger partial charge in [0, 0.05) is 12.6 Å². The number of aromatic carboxylic acids is 1. The van der Waals surface area contributed by atoms with E-state index in [9.17, 15) is 19.8 Å². The number of likely N-dealkylation sites (tertiary alicyclic amines) is 1. The average Bonchev–Trinajstić information content (AvgIpc) is 3.35. The number of carboxylic acid groups (broad SMARTS) is 1. The molecule has 0 aliphatic carbocycles. The monoisotopic (exact) mass is 368 g/mol. The van der Waals surface area contributed by atoms with Crippen LogP contribution < -0.4 is 0 Å². The first kappa shape index (κ1) is 17.4. The van der Waals surface area contributed by atoms with Crippen LogP contribution in [-0.4, -0.2) is 50.7 Å². The van der Waals surface area contributed by atoms with Gasteiger partial charge in [0.1, 0.15) is 17.5 Å². The zero-order valence-electron chi connectivity index (χ0n) is 14.6. The summed E-state index contributed by atoms with van der Waals surface area (Å²) in [6, 6.07) is 11.3. The molecule has 0 radical (unpaired) electrons. The highest BCUT2D eigenvalue weighted by Crippen LogP contribution is 2.34. The van der Waals surface area contributed by atoms with Crippen molar-refractivity contribution in [2.24, 2.45) is 0 Å². The molecule has 1 amide bonds. The molecular weight excluding hydrogens is 348 g/mol. The lowest BCUT2D eigenvalue weighted by molar-refractivity contribution is 0.0407. The molecule has 140 valence electrons. The fraction of sp³-hybridized carbons (Fsp3) is 0.300. The number of hydrogen-bond donors (Lipinski definition) is 3. The summed E-state index contributed by atoms with van der Waals surface area (Å²) in [4.78, 5) is 29.0. The van der Waals surface area contributed by atoms with Gasteiger partial charge in [-0.3, -0.25) is 4.79 Å². The van der Waals surface area contributed by atoms with Gasteiger partial charge in [0.15, 0.2) is 5.58 Å². The van der Waals surface area contributed by atoms with Crippen molar-refractivity contribution in [3.63, 3.8) is 0 Å². The number of amides is 1. The van der Waals surface area contributed by atoms with Crippen molar-refractivity contribution in [1.82, 2.24) is 9.88 Å². The molecule has 0 spiro atoms. The van der Waals surface area contributed by atoms with Crippen molar-refractivity contribution in [2.75, 3.05) is 13.2 Å². The highest BCUT2D eigenvalue weighted by molar-refractivity contribution is 6.04. The molecule has 1 unspecified atom stereocenters. The molecule has 1 fully saturated rings. The highest BCUT2D eigenvalue weighted by atomic mass is 16.4. The number of carbonyl (C=O) groups is 2. The van der Waals surface area contributed by atoms with E-state index in [-0.39, 0.29) is 23.8 Å². The normalized spacial score (nSPS) is 19.7. The van der Waals surface area contributed by atoms with E-state index in [2.05, 4.69) is 4.98 Å². The van der Waals surface area contributed by atoms with Crippen LogP contribution in [0.4, 0.5) is 0 Å². The van der Waals surface area contributed by atoms with Gasteiger partial charge >= 0.3 is 5.97 Å². The average molecular weight is 368 g/mol. The SMILES string of the molecule is O=C(O)c1coc2cc(C(=O)N3CCCC3(CO)Cc3ccccc3)[nH]c12. The summed E-state index contributed by atoms with van der Waals surface area (Å²) in [6.45, 7) is 0.406. The number of aliphatic hydroxyl groups excluding tert-OH is 1. The van der Waals surface area contributed by atoms with Gasteiger partial charge in [0.2, 0.25) is 0 Å². The van der Waals surface area contributed by atoms with Crippen LogP contribution in [-0.2, 0) is 6.42 Å². The highest BCUT2D eigenvalue weighted by Gasteiger charge is 2.44. The second-order valence-corrected chi connectivity index (χ2v) is 6.98. The summed E-state index contributed by atoms with van der Waals surface area (Å²) in [5, 5.41) is 19.4. The van der Waals surface area contributed by atoms with Crippen LogP contribution in [0, 0.1) is 0 Å². The van der Waals surface area contributed by atoms with Gasteiger partial charge < -0.3 is 24.5 Å². The van der Waals surface area contributed by atoms with E-state index < -0.39 is 11.5 Å². The lowest BCUT2D eigenvalue weighted by Gasteiger charge is -2.37. The smallest absolute Gasteiger partial charge is 0.341 e. The Morgan fingerprint density at radius 2 is 2.04 bits per heavy atom. The number of aromatic nitrogens is 1. The molecule has 7 heteroatoms. The van der Waals surface area contributed by atoms with Gasteiger partial charge in [-0.05, 0) is 24.8 Å². The minimum Gasteiger partial charge on any atom is -0.477 e. The molecule has 0 bridgehead atoms. The van der Waals surface area contributed by atoms with Crippen LogP contribution >= 0.6 is 0 Å². The topological polar surface area (TPSA) is 107 Å². The maximum atomic E-state index is 13.2. The van der Waals surface area contributed by atoms with Gasteiger partial charge in [0.05, 0.1) is 17.7 Å². The molecular formula is C20H20N2O5. The van der Waals surface area contributed by atoms with Crippen LogP contribution in [0.1, 0.15) is 39.3 Å². The van der Waals surface area contributed by atoms with Crippen LogP contribution in [0.25, 0.3) is 11.1 Å². The number of nitrogens with zero attached hydrogens (tertiary/aromatic N) is 1. The minimum absolute atomic E-state index is 0.0109. The van der Waals surface area contributed by atoms with E-state index >= 15 is 0 Å². The van der Waals surface area contributed by atoms with Crippen molar-refractivity contribution >= 4 is 23.0 Å². The first-order valence-electron chi connectivity index (χ1n) is 8.84. The van der Waals surface area contributed by atoms with Crippen molar-refractivity contribution < 1.29 is 24.2 Å². The van der Waals surface area contributed by atoms with E-state index in [0.29, 0.717) is 30.5 Å². The Hall–Kier alpha value is -3.06. The molecule has 1 aliphatic heterocycles. The summed E-state index contributed by atoms with van der Waals surface area (Å²) in [5.41, 5.74) is 1.26. The summed E-state index contributed by atoms with van der Waals surface area (Å²) in [6.07, 6.45) is 3.23. The Labute approximate surface area is 155 Å². The number of carboxylic acids is 1. The minimum atomic E-state index is -1.12. The predicted octanol–water partition coefficient (Wildman–Crippen LogP) is 2.67. The lowest BCUT2D eigenvalue weighted by atomic mass is 9.88. The maximum Gasteiger partial charge on any atom is 0.341 e. The second kappa shape index (κ2) is 6.59. The molecule has 1 saturated heterocycles. The summed E-state index contributed by atoms with van der Waals surface area (Å²) in [7, 11) is 0. The summed E-state index contributed by atoms with van der Waals surface area (Å²) in [5.74, 6) is -1.38. The van der Waals surface area contributed by atoms with Gasteiger partial charge in [-0.15, -0.1) is 0 Å². The Kier molecular flexibility index (Phi) is 4.24.